The van der Waals surface area contributed by atoms with Gasteiger partial charge in [-0.2, -0.15) is 6.07 Å². The summed E-state index contributed by atoms with van der Waals surface area (Å²) in [6.45, 7) is 0. The molecular formula is C34H20N3O2PtS-. The van der Waals surface area contributed by atoms with Crippen molar-refractivity contribution in [3.8, 4) is 34.5 Å². The minimum Gasteiger partial charge on any atom is -0.507 e. The van der Waals surface area contributed by atoms with Gasteiger partial charge in [-0.3, -0.25) is 0 Å². The Hall–Kier alpha value is -4.51. The molecule has 41 heavy (non-hydrogen) atoms. The van der Waals surface area contributed by atoms with Crippen LogP contribution in [0.25, 0.3) is 59.1 Å². The molecule has 0 radical (unpaired) electrons. The van der Waals surface area contributed by atoms with Gasteiger partial charge < -0.3 is 14.4 Å². The average Bonchev–Trinajstić information content (AvgIpc) is 3.53. The molecule has 7 heteroatoms. The van der Waals surface area contributed by atoms with Crippen molar-refractivity contribution in [1.82, 2.24) is 14.5 Å². The number of aromatic nitrogens is 3. The predicted molar refractivity (Wildman–Crippen MR) is 162 cm³/mol. The summed E-state index contributed by atoms with van der Waals surface area (Å²) in [5.74, 6) is 2.01. The number of phenols is 1. The summed E-state index contributed by atoms with van der Waals surface area (Å²) >= 11 is 1.75. The van der Waals surface area contributed by atoms with E-state index < -0.39 is 0 Å². The maximum atomic E-state index is 10.3. The summed E-state index contributed by atoms with van der Waals surface area (Å²) in [5.41, 5.74) is 3.22. The van der Waals surface area contributed by atoms with Crippen molar-refractivity contribution in [1.29, 1.82) is 0 Å². The van der Waals surface area contributed by atoms with Gasteiger partial charge in [0, 0.05) is 65.6 Å². The Morgan fingerprint density at radius 1 is 0.732 bits per heavy atom. The molecule has 4 heterocycles. The van der Waals surface area contributed by atoms with Crippen LogP contribution in [-0.2, 0) is 21.1 Å². The molecule has 0 saturated heterocycles. The number of fused-ring (bicyclic) bond motifs is 6. The van der Waals surface area contributed by atoms with E-state index in [0.717, 1.165) is 32.3 Å². The van der Waals surface area contributed by atoms with Crippen LogP contribution in [0.3, 0.4) is 0 Å². The van der Waals surface area contributed by atoms with Crippen LogP contribution < -0.4 is 4.74 Å². The molecular weight excluding hydrogens is 710 g/mol. The standard InChI is InChI=1S/C34H20N3O2S.Pt/c38-30-13-5-2-10-26(30)27-11-7-15-32(36-27)39-21-16-17-23-22-8-1-4-12-28(22)37(29(23)20-21)34-33-25(18-19-35-34)24-9-3-6-14-31(24)40-33;/h1-19,38H;/q-1;. The van der Waals surface area contributed by atoms with E-state index in [9.17, 15) is 5.11 Å². The summed E-state index contributed by atoms with van der Waals surface area (Å²) in [5, 5.41) is 14.9. The first-order valence-electron chi connectivity index (χ1n) is 12.9. The van der Waals surface area contributed by atoms with E-state index in [1.54, 1.807) is 29.5 Å². The maximum Gasteiger partial charge on any atom is 0.217 e. The molecule has 0 aliphatic heterocycles. The third kappa shape index (κ3) is 4.19. The monoisotopic (exact) mass is 729 g/mol. The fourth-order valence-electron chi connectivity index (χ4n) is 5.38. The van der Waals surface area contributed by atoms with Gasteiger partial charge in [0.2, 0.25) is 5.88 Å². The van der Waals surface area contributed by atoms with Gasteiger partial charge in [0.25, 0.3) is 0 Å². The first-order chi connectivity index (χ1) is 19.7. The maximum absolute atomic E-state index is 10.3. The van der Waals surface area contributed by atoms with Crippen LogP contribution in [0.15, 0.2) is 115 Å². The minimum absolute atomic E-state index is 0. The Morgan fingerprint density at radius 2 is 1.54 bits per heavy atom. The summed E-state index contributed by atoms with van der Waals surface area (Å²) in [6, 6.07) is 39.1. The third-order valence-electron chi connectivity index (χ3n) is 7.16. The Balaban J connectivity index is 0.00000276. The average molecular weight is 730 g/mol. The summed E-state index contributed by atoms with van der Waals surface area (Å²) in [4.78, 5) is 9.54. The molecule has 0 saturated carbocycles. The second-order valence-electron chi connectivity index (χ2n) is 9.53. The quantitative estimate of drug-likeness (QED) is 0.184. The largest absolute Gasteiger partial charge is 0.507 e. The zero-order chi connectivity index (χ0) is 26.6. The van der Waals surface area contributed by atoms with Crippen molar-refractivity contribution in [2.24, 2.45) is 0 Å². The number of hydrogen-bond acceptors (Lipinski definition) is 5. The second kappa shape index (κ2) is 10.2. The molecule has 0 atom stereocenters. The molecule has 0 spiro atoms. The van der Waals surface area contributed by atoms with Crippen LogP contribution in [0.4, 0.5) is 0 Å². The van der Waals surface area contributed by atoms with Gasteiger partial charge >= 0.3 is 0 Å². The number of nitrogens with zero attached hydrogens (tertiary/aromatic N) is 3. The summed E-state index contributed by atoms with van der Waals surface area (Å²) < 4.78 is 10.8. The van der Waals surface area contributed by atoms with E-state index in [4.69, 9.17) is 9.72 Å². The van der Waals surface area contributed by atoms with Crippen molar-refractivity contribution in [2.45, 2.75) is 0 Å². The zero-order valence-corrected chi connectivity index (χ0v) is 24.5. The smallest absolute Gasteiger partial charge is 0.217 e. The number of ether oxygens (including phenoxy) is 1. The number of hydrogen-bond donors (Lipinski definition) is 1. The molecule has 0 fully saturated rings. The molecule has 4 aromatic carbocycles. The van der Waals surface area contributed by atoms with Crippen LogP contribution in [0.5, 0.6) is 17.4 Å². The molecule has 4 aromatic heterocycles. The van der Waals surface area contributed by atoms with Gasteiger partial charge in [-0.25, -0.2) is 9.97 Å². The van der Waals surface area contributed by atoms with Crippen molar-refractivity contribution in [3.63, 3.8) is 0 Å². The molecule has 0 aliphatic rings. The number of benzene rings is 4. The topological polar surface area (TPSA) is 60.2 Å². The van der Waals surface area contributed by atoms with Gasteiger partial charge in [0.1, 0.15) is 5.75 Å². The molecule has 0 bridgehead atoms. The molecule has 0 unspecified atom stereocenters. The summed E-state index contributed by atoms with van der Waals surface area (Å²) in [7, 11) is 0. The first kappa shape index (κ1) is 25.5. The first-order valence-corrected chi connectivity index (χ1v) is 13.7. The molecule has 1 N–H and O–H groups in total. The Kier molecular flexibility index (Phi) is 6.30. The van der Waals surface area contributed by atoms with Crippen LogP contribution in [-0.4, -0.2) is 19.6 Å². The van der Waals surface area contributed by atoms with Gasteiger partial charge in [-0.1, -0.05) is 60.1 Å². The van der Waals surface area contributed by atoms with E-state index in [1.165, 1.54) is 15.5 Å². The van der Waals surface area contributed by atoms with E-state index in [2.05, 4.69) is 76.3 Å². The molecule has 200 valence electrons. The number of aromatic hydroxyl groups is 1. The van der Waals surface area contributed by atoms with Crippen molar-refractivity contribution < 1.29 is 30.9 Å². The molecule has 0 aliphatic carbocycles. The van der Waals surface area contributed by atoms with Gasteiger partial charge in [0.05, 0.1) is 10.4 Å². The SMILES string of the molecule is Oc1ccccc1-c1cccc(Oc2[c-]c3c(cc2)c2ccccc2n3-c2nccc3c2sc2ccccc23)n1.[Pt]. The minimum atomic E-state index is 0. The van der Waals surface area contributed by atoms with Crippen LogP contribution in [0, 0.1) is 6.07 Å². The Morgan fingerprint density at radius 3 is 2.44 bits per heavy atom. The van der Waals surface area contributed by atoms with E-state index >= 15 is 0 Å². The van der Waals surface area contributed by atoms with Crippen molar-refractivity contribution in [2.75, 3.05) is 0 Å². The molecule has 5 nitrogen and oxygen atoms in total. The molecule has 8 aromatic rings. The third-order valence-corrected chi connectivity index (χ3v) is 8.34. The summed E-state index contributed by atoms with van der Waals surface area (Å²) in [6.07, 6.45) is 1.88. The van der Waals surface area contributed by atoms with Crippen LogP contribution in [0.2, 0.25) is 0 Å². The van der Waals surface area contributed by atoms with Gasteiger partial charge in [0.15, 0.2) is 5.82 Å². The van der Waals surface area contributed by atoms with Crippen LogP contribution in [0.1, 0.15) is 0 Å². The Labute approximate surface area is 253 Å². The molecule has 8 rings (SSSR count). The van der Waals surface area contributed by atoms with E-state index in [1.807, 2.05) is 36.5 Å². The van der Waals surface area contributed by atoms with Crippen molar-refractivity contribution in [3.05, 3.63) is 121 Å². The number of pyridine rings is 2. The van der Waals surface area contributed by atoms with Gasteiger partial charge in [-0.05, 0) is 41.8 Å². The number of phenolic OH excluding ortho intramolecular Hbond substituents is 1. The predicted octanol–water partition coefficient (Wildman–Crippen LogP) is 8.90. The van der Waals surface area contributed by atoms with E-state index in [0.29, 0.717) is 22.9 Å². The molecule has 0 amide bonds. The normalized spacial score (nSPS) is 11.3. The van der Waals surface area contributed by atoms with E-state index in [-0.39, 0.29) is 26.8 Å². The number of thiophene rings is 1. The zero-order valence-electron chi connectivity index (χ0n) is 21.4. The fraction of sp³-hybridized carbons (Fsp3) is 0. The second-order valence-corrected chi connectivity index (χ2v) is 10.6. The van der Waals surface area contributed by atoms with Crippen molar-refractivity contribution >= 4 is 53.3 Å². The van der Waals surface area contributed by atoms with Crippen LogP contribution >= 0.6 is 11.3 Å². The van der Waals surface area contributed by atoms with Gasteiger partial charge in [-0.15, -0.1) is 28.9 Å². The number of para-hydroxylation sites is 2. The Bertz CT molecular complexity index is 2240. The number of rotatable bonds is 4. The fourth-order valence-corrected chi connectivity index (χ4v) is 6.55.